The van der Waals surface area contributed by atoms with E-state index in [1.807, 2.05) is 19.1 Å². The number of furan rings is 1. The van der Waals surface area contributed by atoms with Crippen molar-refractivity contribution in [3.63, 3.8) is 0 Å². The van der Waals surface area contributed by atoms with Gasteiger partial charge in [-0.05, 0) is 36.8 Å². The molecule has 0 aliphatic carbocycles. The van der Waals surface area contributed by atoms with Crippen molar-refractivity contribution in [2.24, 2.45) is 0 Å². The summed E-state index contributed by atoms with van der Waals surface area (Å²) in [5.74, 6) is 0.598. The van der Waals surface area contributed by atoms with Crippen LogP contribution < -0.4 is 5.32 Å². The van der Waals surface area contributed by atoms with E-state index in [0.717, 1.165) is 17.0 Å². The van der Waals surface area contributed by atoms with Crippen LogP contribution in [0.3, 0.4) is 0 Å². The molecule has 0 radical (unpaired) electrons. The van der Waals surface area contributed by atoms with E-state index in [9.17, 15) is 4.39 Å². The van der Waals surface area contributed by atoms with Gasteiger partial charge < -0.3 is 9.73 Å². The number of hydrogen-bond acceptors (Lipinski definition) is 2. The lowest BCUT2D eigenvalue weighted by atomic mass is 10.2. The zero-order valence-electron chi connectivity index (χ0n) is 8.46. The molecule has 0 spiro atoms. The minimum atomic E-state index is -0.234. The van der Waals surface area contributed by atoms with Gasteiger partial charge in [0.1, 0.15) is 11.6 Å². The Kier molecular flexibility index (Phi) is 2.72. The van der Waals surface area contributed by atoms with Gasteiger partial charge in [0.15, 0.2) is 0 Å². The lowest BCUT2D eigenvalue weighted by Crippen LogP contribution is -2.00. The normalized spacial score (nSPS) is 10.3. The molecule has 2 rings (SSSR count). The van der Waals surface area contributed by atoms with E-state index in [0.29, 0.717) is 6.54 Å². The standard InChI is InChI=1S/C12H12FNO/c1-9-4-5-10(13)7-12(9)14-8-11-3-2-6-15-11/h2-7,14H,8H2,1H3. The fraction of sp³-hybridized carbons (Fsp3) is 0.167. The van der Waals surface area contributed by atoms with Crippen LogP contribution in [0.4, 0.5) is 10.1 Å². The first kappa shape index (κ1) is 9.77. The summed E-state index contributed by atoms with van der Waals surface area (Å²) in [5.41, 5.74) is 1.81. The van der Waals surface area contributed by atoms with Crippen molar-refractivity contribution in [1.82, 2.24) is 0 Å². The Bertz CT molecular complexity index is 437. The van der Waals surface area contributed by atoms with E-state index in [-0.39, 0.29) is 5.82 Å². The molecule has 2 nitrogen and oxygen atoms in total. The highest BCUT2D eigenvalue weighted by atomic mass is 19.1. The maximum Gasteiger partial charge on any atom is 0.125 e. The van der Waals surface area contributed by atoms with Gasteiger partial charge in [-0.15, -0.1) is 0 Å². The van der Waals surface area contributed by atoms with Gasteiger partial charge in [-0.1, -0.05) is 6.07 Å². The molecule has 0 aliphatic rings. The van der Waals surface area contributed by atoms with Crippen LogP contribution in [0.25, 0.3) is 0 Å². The Morgan fingerprint density at radius 1 is 1.33 bits per heavy atom. The first-order valence-electron chi connectivity index (χ1n) is 4.78. The Balaban J connectivity index is 2.07. The molecular formula is C12H12FNO. The predicted octanol–water partition coefficient (Wildman–Crippen LogP) is 3.34. The van der Waals surface area contributed by atoms with Gasteiger partial charge in [-0.25, -0.2) is 4.39 Å². The number of aryl methyl sites for hydroxylation is 1. The van der Waals surface area contributed by atoms with Crippen molar-refractivity contribution in [1.29, 1.82) is 0 Å². The first-order chi connectivity index (χ1) is 7.25. The predicted molar refractivity (Wildman–Crippen MR) is 57.2 cm³/mol. The quantitative estimate of drug-likeness (QED) is 0.831. The maximum atomic E-state index is 12.9. The summed E-state index contributed by atoms with van der Waals surface area (Å²) in [6.07, 6.45) is 1.62. The Hall–Kier alpha value is -1.77. The molecule has 0 amide bonds. The van der Waals surface area contributed by atoms with Crippen LogP contribution in [-0.2, 0) is 6.54 Å². The smallest absolute Gasteiger partial charge is 0.125 e. The molecule has 0 aliphatic heterocycles. The summed E-state index contributed by atoms with van der Waals surface area (Å²) in [4.78, 5) is 0. The average molecular weight is 205 g/mol. The second kappa shape index (κ2) is 4.17. The number of hydrogen-bond donors (Lipinski definition) is 1. The van der Waals surface area contributed by atoms with Crippen molar-refractivity contribution >= 4 is 5.69 Å². The number of anilines is 1. The van der Waals surface area contributed by atoms with Crippen molar-refractivity contribution in [2.45, 2.75) is 13.5 Å². The number of nitrogens with one attached hydrogen (secondary N) is 1. The van der Waals surface area contributed by atoms with E-state index in [1.165, 1.54) is 12.1 Å². The largest absolute Gasteiger partial charge is 0.467 e. The molecule has 1 aromatic carbocycles. The fourth-order valence-electron chi connectivity index (χ4n) is 1.38. The second-order valence-electron chi connectivity index (χ2n) is 3.39. The number of benzene rings is 1. The van der Waals surface area contributed by atoms with E-state index >= 15 is 0 Å². The third kappa shape index (κ3) is 2.37. The molecule has 3 heteroatoms. The highest BCUT2D eigenvalue weighted by Gasteiger charge is 2.01. The summed E-state index contributed by atoms with van der Waals surface area (Å²) >= 11 is 0. The van der Waals surface area contributed by atoms with E-state index in [1.54, 1.807) is 12.3 Å². The van der Waals surface area contributed by atoms with Crippen LogP contribution >= 0.6 is 0 Å². The van der Waals surface area contributed by atoms with Crippen molar-refractivity contribution in [2.75, 3.05) is 5.32 Å². The highest BCUT2D eigenvalue weighted by Crippen LogP contribution is 2.16. The number of rotatable bonds is 3. The molecule has 0 saturated heterocycles. The van der Waals surface area contributed by atoms with E-state index < -0.39 is 0 Å². The van der Waals surface area contributed by atoms with Crippen LogP contribution in [-0.4, -0.2) is 0 Å². The van der Waals surface area contributed by atoms with Crippen molar-refractivity contribution in [3.05, 3.63) is 53.7 Å². The summed E-state index contributed by atoms with van der Waals surface area (Å²) in [5, 5.41) is 3.12. The van der Waals surface area contributed by atoms with Crippen LogP contribution in [0.15, 0.2) is 41.0 Å². The van der Waals surface area contributed by atoms with Crippen molar-refractivity contribution in [3.8, 4) is 0 Å². The van der Waals surface area contributed by atoms with Crippen LogP contribution in [0.1, 0.15) is 11.3 Å². The van der Waals surface area contributed by atoms with Gasteiger partial charge >= 0.3 is 0 Å². The van der Waals surface area contributed by atoms with E-state index in [2.05, 4.69) is 5.32 Å². The Labute approximate surface area is 87.7 Å². The van der Waals surface area contributed by atoms with Crippen LogP contribution in [0.2, 0.25) is 0 Å². The molecule has 0 atom stereocenters. The maximum absolute atomic E-state index is 12.9. The van der Waals surface area contributed by atoms with Gasteiger partial charge in [0.25, 0.3) is 0 Å². The van der Waals surface area contributed by atoms with E-state index in [4.69, 9.17) is 4.42 Å². The van der Waals surface area contributed by atoms with Crippen LogP contribution in [0.5, 0.6) is 0 Å². The molecule has 1 heterocycles. The van der Waals surface area contributed by atoms with Gasteiger partial charge in [0.2, 0.25) is 0 Å². The van der Waals surface area contributed by atoms with Crippen molar-refractivity contribution < 1.29 is 8.81 Å². The molecular weight excluding hydrogens is 193 g/mol. The third-order valence-electron chi connectivity index (χ3n) is 2.23. The lowest BCUT2D eigenvalue weighted by Gasteiger charge is -2.07. The summed E-state index contributed by atoms with van der Waals surface area (Å²) in [7, 11) is 0. The molecule has 1 aromatic heterocycles. The summed E-state index contributed by atoms with van der Waals surface area (Å²) in [6.45, 7) is 2.50. The monoisotopic (exact) mass is 205 g/mol. The number of halogens is 1. The second-order valence-corrected chi connectivity index (χ2v) is 3.39. The third-order valence-corrected chi connectivity index (χ3v) is 2.23. The molecule has 78 valence electrons. The average Bonchev–Trinajstić information content (AvgIpc) is 2.72. The topological polar surface area (TPSA) is 25.2 Å². The molecule has 0 saturated carbocycles. The van der Waals surface area contributed by atoms with Gasteiger partial charge in [-0.3, -0.25) is 0 Å². The molecule has 15 heavy (non-hydrogen) atoms. The SMILES string of the molecule is Cc1ccc(F)cc1NCc1ccco1. The van der Waals surface area contributed by atoms with Crippen LogP contribution in [0, 0.1) is 12.7 Å². The molecule has 0 fully saturated rings. The Morgan fingerprint density at radius 3 is 2.93 bits per heavy atom. The molecule has 0 bridgehead atoms. The zero-order valence-corrected chi connectivity index (χ0v) is 8.46. The minimum Gasteiger partial charge on any atom is -0.467 e. The zero-order chi connectivity index (χ0) is 10.7. The molecule has 0 unspecified atom stereocenters. The molecule has 1 N–H and O–H groups in total. The highest BCUT2D eigenvalue weighted by molar-refractivity contribution is 5.50. The van der Waals surface area contributed by atoms with Gasteiger partial charge in [0.05, 0.1) is 12.8 Å². The van der Waals surface area contributed by atoms with Gasteiger partial charge in [-0.2, -0.15) is 0 Å². The Morgan fingerprint density at radius 2 is 2.20 bits per heavy atom. The fourth-order valence-corrected chi connectivity index (χ4v) is 1.38. The lowest BCUT2D eigenvalue weighted by molar-refractivity contribution is 0.518. The first-order valence-corrected chi connectivity index (χ1v) is 4.78. The summed E-state index contributed by atoms with van der Waals surface area (Å²) in [6, 6.07) is 8.39. The minimum absolute atomic E-state index is 0.234. The molecule has 2 aromatic rings. The summed E-state index contributed by atoms with van der Waals surface area (Å²) < 4.78 is 18.1. The van der Waals surface area contributed by atoms with Gasteiger partial charge in [0, 0.05) is 5.69 Å².